The number of benzene rings is 1. The number of nitrogens with zero attached hydrogens (tertiary/aromatic N) is 1. The van der Waals surface area contributed by atoms with Crippen molar-refractivity contribution in [2.24, 2.45) is 0 Å². The van der Waals surface area contributed by atoms with Crippen molar-refractivity contribution >= 4 is 37.0 Å². The first kappa shape index (κ1) is 12.3. The highest BCUT2D eigenvalue weighted by Gasteiger charge is 2.22. The van der Waals surface area contributed by atoms with Crippen LogP contribution in [0.2, 0.25) is 0 Å². The smallest absolute Gasteiger partial charge is 0.300 e. The van der Waals surface area contributed by atoms with Gasteiger partial charge in [0.1, 0.15) is 5.75 Å². The molecule has 0 atom stereocenters. The third kappa shape index (κ3) is 2.13. The van der Waals surface area contributed by atoms with Crippen molar-refractivity contribution in [2.75, 3.05) is 0 Å². The molecule has 0 bridgehead atoms. The Morgan fingerprint density at radius 3 is 2.59 bits per heavy atom. The molecule has 1 heterocycles. The zero-order valence-electron chi connectivity index (χ0n) is 8.68. The van der Waals surface area contributed by atoms with Crippen molar-refractivity contribution in [1.29, 1.82) is 0 Å². The summed E-state index contributed by atoms with van der Waals surface area (Å²) in [5.74, 6) is -0.484. The highest BCUT2D eigenvalue weighted by Crippen LogP contribution is 2.33. The maximum atomic E-state index is 11.1. The molecule has 0 spiro atoms. The molecular formula is C10H8BrNO4S. The molecule has 0 radical (unpaired) electrons. The molecule has 0 aliphatic heterocycles. The largest absolute Gasteiger partial charge is 0.506 e. The molecule has 2 rings (SSSR count). The van der Waals surface area contributed by atoms with Gasteiger partial charge in [0.05, 0.1) is 11.2 Å². The zero-order chi connectivity index (χ0) is 12.8. The molecule has 1 aromatic carbocycles. The Hall–Kier alpha value is -1.18. The molecule has 90 valence electrons. The normalized spacial score (nSPS) is 11.9. The van der Waals surface area contributed by atoms with E-state index in [0.29, 0.717) is 5.52 Å². The molecule has 0 fully saturated rings. The summed E-state index contributed by atoms with van der Waals surface area (Å²) < 4.78 is 32.1. The monoisotopic (exact) mass is 317 g/mol. The molecule has 0 saturated carbocycles. The second kappa shape index (κ2) is 3.94. The van der Waals surface area contributed by atoms with Crippen molar-refractivity contribution in [1.82, 2.24) is 4.98 Å². The SMILES string of the molecule is Cc1nc2cc(Br)ccc2c(O)c1S(=O)(=O)O. The van der Waals surface area contributed by atoms with Crippen LogP contribution in [-0.2, 0) is 10.1 Å². The fourth-order valence-electron chi connectivity index (χ4n) is 1.63. The van der Waals surface area contributed by atoms with Crippen molar-refractivity contribution in [2.45, 2.75) is 11.8 Å². The topological polar surface area (TPSA) is 87.5 Å². The average Bonchev–Trinajstić information content (AvgIpc) is 2.13. The summed E-state index contributed by atoms with van der Waals surface area (Å²) >= 11 is 3.25. The molecule has 0 aliphatic carbocycles. The molecule has 0 amide bonds. The van der Waals surface area contributed by atoms with E-state index < -0.39 is 20.8 Å². The van der Waals surface area contributed by atoms with E-state index in [2.05, 4.69) is 20.9 Å². The van der Waals surface area contributed by atoms with E-state index in [1.165, 1.54) is 13.0 Å². The van der Waals surface area contributed by atoms with Gasteiger partial charge in [0.25, 0.3) is 10.1 Å². The van der Waals surface area contributed by atoms with Gasteiger partial charge in [-0.05, 0) is 25.1 Å². The van der Waals surface area contributed by atoms with E-state index in [-0.39, 0.29) is 11.1 Å². The van der Waals surface area contributed by atoms with Crippen LogP contribution in [-0.4, -0.2) is 23.1 Å². The molecule has 0 unspecified atom stereocenters. The van der Waals surface area contributed by atoms with E-state index in [4.69, 9.17) is 4.55 Å². The van der Waals surface area contributed by atoms with Gasteiger partial charge < -0.3 is 5.11 Å². The van der Waals surface area contributed by atoms with E-state index in [1.807, 2.05) is 0 Å². The maximum Gasteiger partial charge on any atom is 0.300 e. The van der Waals surface area contributed by atoms with Gasteiger partial charge in [-0.1, -0.05) is 15.9 Å². The first-order valence-corrected chi connectivity index (χ1v) is 6.80. The summed E-state index contributed by atoms with van der Waals surface area (Å²) in [4.78, 5) is 3.49. The summed E-state index contributed by atoms with van der Waals surface area (Å²) in [6, 6.07) is 4.82. The van der Waals surface area contributed by atoms with Crippen LogP contribution in [0.1, 0.15) is 5.69 Å². The van der Waals surface area contributed by atoms with Crippen LogP contribution in [0.3, 0.4) is 0 Å². The van der Waals surface area contributed by atoms with Crippen LogP contribution < -0.4 is 0 Å². The first-order valence-electron chi connectivity index (χ1n) is 4.57. The molecule has 5 nitrogen and oxygen atoms in total. The molecular weight excluding hydrogens is 310 g/mol. The predicted molar refractivity (Wildman–Crippen MR) is 65.7 cm³/mol. The van der Waals surface area contributed by atoms with Gasteiger partial charge in [-0.3, -0.25) is 9.54 Å². The summed E-state index contributed by atoms with van der Waals surface area (Å²) in [6.45, 7) is 1.41. The molecule has 0 aliphatic rings. The molecule has 0 saturated heterocycles. The lowest BCUT2D eigenvalue weighted by Gasteiger charge is -2.08. The number of hydrogen-bond acceptors (Lipinski definition) is 4. The highest BCUT2D eigenvalue weighted by atomic mass is 79.9. The van der Waals surface area contributed by atoms with Gasteiger partial charge >= 0.3 is 0 Å². The van der Waals surface area contributed by atoms with E-state index in [1.54, 1.807) is 12.1 Å². The number of fused-ring (bicyclic) bond motifs is 1. The Labute approximate surface area is 106 Å². The number of aromatic nitrogens is 1. The van der Waals surface area contributed by atoms with Crippen LogP contribution in [0.15, 0.2) is 27.6 Å². The van der Waals surface area contributed by atoms with Gasteiger partial charge in [0.15, 0.2) is 4.90 Å². The molecule has 2 aromatic rings. The van der Waals surface area contributed by atoms with E-state index >= 15 is 0 Å². The summed E-state index contributed by atoms with van der Waals surface area (Å²) in [6.07, 6.45) is 0. The van der Waals surface area contributed by atoms with Crippen molar-refractivity contribution in [3.05, 3.63) is 28.4 Å². The number of rotatable bonds is 1. The Kier molecular flexibility index (Phi) is 2.84. The minimum Gasteiger partial charge on any atom is -0.506 e. The lowest BCUT2D eigenvalue weighted by Crippen LogP contribution is -2.03. The van der Waals surface area contributed by atoms with Crippen molar-refractivity contribution in [3.8, 4) is 5.75 Å². The zero-order valence-corrected chi connectivity index (χ0v) is 11.1. The average molecular weight is 318 g/mol. The van der Waals surface area contributed by atoms with Gasteiger partial charge in [-0.2, -0.15) is 8.42 Å². The van der Waals surface area contributed by atoms with Crippen LogP contribution >= 0.6 is 15.9 Å². The summed E-state index contributed by atoms with van der Waals surface area (Å²) in [5, 5.41) is 10.1. The van der Waals surface area contributed by atoms with Crippen LogP contribution in [0.25, 0.3) is 10.9 Å². The Morgan fingerprint density at radius 2 is 2.00 bits per heavy atom. The number of halogens is 1. The Bertz CT molecular complexity index is 712. The Morgan fingerprint density at radius 1 is 1.35 bits per heavy atom. The third-order valence-corrected chi connectivity index (χ3v) is 3.80. The quantitative estimate of drug-likeness (QED) is 0.788. The van der Waals surface area contributed by atoms with Gasteiger partial charge in [0.2, 0.25) is 0 Å². The van der Waals surface area contributed by atoms with Crippen molar-refractivity contribution in [3.63, 3.8) is 0 Å². The maximum absolute atomic E-state index is 11.1. The number of pyridine rings is 1. The lowest BCUT2D eigenvalue weighted by molar-refractivity contribution is 0.445. The van der Waals surface area contributed by atoms with Gasteiger partial charge in [-0.15, -0.1) is 0 Å². The summed E-state index contributed by atoms with van der Waals surface area (Å²) in [7, 11) is -4.49. The molecule has 1 aromatic heterocycles. The highest BCUT2D eigenvalue weighted by molar-refractivity contribution is 9.10. The van der Waals surface area contributed by atoms with E-state index in [0.717, 1.165) is 4.47 Å². The van der Waals surface area contributed by atoms with Crippen LogP contribution in [0.4, 0.5) is 0 Å². The number of hydrogen-bond donors (Lipinski definition) is 2. The summed E-state index contributed by atoms with van der Waals surface area (Å²) in [5.41, 5.74) is 0.498. The van der Waals surface area contributed by atoms with Gasteiger partial charge in [0, 0.05) is 9.86 Å². The molecule has 7 heteroatoms. The minimum atomic E-state index is -4.49. The second-order valence-corrected chi connectivity index (χ2v) is 5.79. The second-order valence-electron chi connectivity index (χ2n) is 3.51. The Balaban J connectivity index is 2.96. The van der Waals surface area contributed by atoms with Crippen LogP contribution in [0.5, 0.6) is 5.75 Å². The predicted octanol–water partition coefficient (Wildman–Crippen LogP) is 2.26. The minimum absolute atomic E-state index is 0.0515. The number of aryl methyl sites for hydroxylation is 1. The van der Waals surface area contributed by atoms with Crippen LogP contribution in [0, 0.1) is 6.92 Å². The fourth-order valence-corrected chi connectivity index (χ4v) is 2.75. The van der Waals surface area contributed by atoms with Gasteiger partial charge in [-0.25, -0.2) is 0 Å². The standard InChI is InChI=1S/C10H8BrNO4S/c1-5-10(17(14,15)16)9(13)7-3-2-6(11)4-8(7)12-5/h2-4H,1H3,(H,12,13)(H,14,15,16). The number of aromatic hydroxyl groups is 1. The molecule has 2 N–H and O–H groups in total. The fraction of sp³-hybridized carbons (Fsp3) is 0.100. The van der Waals surface area contributed by atoms with E-state index in [9.17, 15) is 13.5 Å². The first-order chi connectivity index (χ1) is 7.80. The third-order valence-electron chi connectivity index (χ3n) is 2.30. The lowest BCUT2D eigenvalue weighted by atomic mass is 10.2. The van der Waals surface area contributed by atoms with Crippen molar-refractivity contribution < 1.29 is 18.1 Å². The molecule has 17 heavy (non-hydrogen) atoms.